The Balaban J connectivity index is 1.70. The zero-order valence-electron chi connectivity index (χ0n) is 24.0. The highest BCUT2D eigenvalue weighted by Crippen LogP contribution is 2.32. The first-order chi connectivity index (χ1) is 20.1. The van der Waals surface area contributed by atoms with Gasteiger partial charge in [-0.1, -0.05) is 54.8 Å². The van der Waals surface area contributed by atoms with Gasteiger partial charge in [0.2, 0.25) is 11.8 Å². The monoisotopic (exact) mass is 613 g/mol. The number of anilines is 1. The van der Waals surface area contributed by atoms with Gasteiger partial charge in [0.25, 0.3) is 10.0 Å². The molecule has 0 aromatic heterocycles. The minimum absolute atomic E-state index is 0.0125. The van der Waals surface area contributed by atoms with Crippen molar-refractivity contribution in [3.63, 3.8) is 0 Å². The molecule has 3 aromatic carbocycles. The van der Waals surface area contributed by atoms with Crippen molar-refractivity contribution in [1.82, 2.24) is 10.2 Å². The molecule has 1 aliphatic rings. The summed E-state index contributed by atoms with van der Waals surface area (Å²) in [5, 5.41) is 3.25. The number of methoxy groups -OCH3 is 2. The van der Waals surface area contributed by atoms with Crippen molar-refractivity contribution in [1.29, 1.82) is 0 Å². The number of hydrogen-bond acceptors (Lipinski definition) is 6. The van der Waals surface area contributed by atoms with Crippen molar-refractivity contribution >= 4 is 39.1 Å². The first-order valence-electron chi connectivity index (χ1n) is 13.8. The van der Waals surface area contributed by atoms with E-state index in [9.17, 15) is 18.0 Å². The number of hydrogen-bond donors (Lipinski definition) is 1. The normalized spacial score (nSPS) is 14.2. The number of benzene rings is 3. The van der Waals surface area contributed by atoms with Crippen LogP contribution in [-0.2, 0) is 26.2 Å². The van der Waals surface area contributed by atoms with E-state index in [1.165, 1.54) is 36.3 Å². The van der Waals surface area contributed by atoms with Crippen LogP contribution in [0.5, 0.6) is 11.5 Å². The molecule has 1 fully saturated rings. The van der Waals surface area contributed by atoms with E-state index in [4.69, 9.17) is 21.1 Å². The summed E-state index contributed by atoms with van der Waals surface area (Å²) in [5.41, 5.74) is 0.945. The van der Waals surface area contributed by atoms with Crippen molar-refractivity contribution in [2.45, 2.75) is 56.1 Å². The van der Waals surface area contributed by atoms with E-state index in [-0.39, 0.29) is 34.1 Å². The summed E-state index contributed by atoms with van der Waals surface area (Å²) >= 11 is 6.37. The Kier molecular flexibility index (Phi) is 10.3. The molecule has 1 aliphatic carbocycles. The van der Waals surface area contributed by atoms with Crippen molar-refractivity contribution in [2.24, 2.45) is 0 Å². The summed E-state index contributed by atoms with van der Waals surface area (Å²) in [6.45, 7) is 1.19. The molecular weight excluding hydrogens is 578 g/mol. The van der Waals surface area contributed by atoms with Crippen LogP contribution >= 0.6 is 11.6 Å². The largest absolute Gasteiger partial charge is 0.497 e. The molecular formula is C31H36ClN3O6S. The number of ether oxygens (including phenoxy) is 2. The van der Waals surface area contributed by atoms with Gasteiger partial charge in [0.05, 0.1) is 29.8 Å². The van der Waals surface area contributed by atoms with Crippen LogP contribution < -0.4 is 19.1 Å². The molecule has 1 N–H and O–H groups in total. The summed E-state index contributed by atoms with van der Waals surface area (Å²) in [4.78, 5) is 28.8. The lowest BCUT2D eigenvalue weighted by atomic mass is 10.1. The Morgan fingerprint density at radius 2 is 1.64 bits per heavy atom. The molecule has 0 saturated heterocycles. The molecule has 9 nitrogen and oxygen atoms in total. The summed E-state index contributed by atoms with van der Waals surface area (Å²) in [7, 11) is -1.18. The third-order valence-corrected chi connectivity index (χ3v) is 9.50. The topological polar surface area (TPSA) is 105 Å². The Morgan fingerprint density at radius 3 is 2.24 bits per heavy atom. The minimum Gasteiger partial charge on any atom is -0.497 e. The maximum Gasteiger partial charge on any atom is 0.264 e. The number of halogens is 1. The Hall–Kier alpha value is -3.76. The van der Waals surface area contributed by atoms with Crippen molar-refractivity contribution in [2.75, 3.05) is 25.1 Å². The van der Waals surface area contributed by atoms with Gasteiger partial charge >= 0.3 is 0 Å². The third kappa shape index (κ3) is 7.35. The maximum atomic E-state index is 14.1. The lowest BCUT2D eigenvalue weighted by molar-refractivity contribution is -0.139. The predicted octanol–water partition coefficient (Wildman–Crippen LogP) is 5.03. The number of nitrogens with one attached hydrogen (secondary N) is 1. The quantitative estimate of drug-likeness (QED) is 0.307. The molecule has 0 bridgehead atoms. The third-order valence-electron chi connectivity index (χ3n) is 7.41. The minimum atomic E-state index is -4.20. The smallest absolute Gasteiger partial charge is 0.264 e. The SMILES string of the molecule is COc1ccc(CN(C(=O)CN(c2ccc(OC)c(Cl)c2)S(=O)(=O)c2ccccc2)C(C)C(=O)NC2CCCC2)cc1. The van der Waals surface area contributed by atoms with Gasteiger partial charge in [-0.25, -0.2) is 8.42 Å². The second-order valence-electron chi connectivity index (χ2n) is 10.2. The molecule has 1 atom stereocenters. The van der Waals surface area contributed by atoms with E-state index in [1.807, 2.05) is 12.1 Å². The molecule has 1 saturated carbocycles. The summed E-state index contributed by atoms with van der Waals surface area (Å²) in [6.07, 6.45) is 3.88. The highest BCUT2D eigenvalue weighted by molar-refractivity contribution is 7.92. The molecule has 11 heteroatoms. The van der Waals surface area contributed by atoms with E-state index >= 15 is 0 Å². The van der Waals surface area contributed by atoms with E-state index in [1.54, 1.807) is 50.4 Å². The number of sulfonamides is 1. The van der Waals surface area contributed by atoms with Crippen LogP contribution in [0.2, 0.25) is 5.02 Å². The molecule has 4 rings (SSSR count). The molecule has 0 heterocycles. The average molecular weight is 614 g/mol. The zero-order valence-corrected chi connectivity index (χ0v) is 25.5. The Labute approximate surface area is 252 Å². The predicted molar refractivity (Wildman–Crippen MR) is 162 cm³/mol. The van der Waals surface area contributed by atoms with Crippen molar-refractivity contribution < 1.29 is 27.5 Å². The molecule has 2 amide bonds. The second-order valence-corrected chi connectivity index (χ2v) is 12.4. The number of carbonyl (C=O) groups is 2. The van der Waals surface area contributed by atoms with Gasteiger partial charge in [0.1, 0.15) is 24.1 Å². The number of carbonyl (C=O) groups excluding carboxylic acids is 2. The van der Waals surface area contributed by atoms with Crippen LogP contribution in [0.3, 0.4) is 0 Å². The maximum absolute atomic E-state index is 14.1. The lowest BCUT2D eigenvalue weighted by Crippen LogP contribution is -2.52. The Bertz CT molecular complexity index is 1480. The van der Waals surface area contributed by atoms with E-state index < -0.39 is 28.5 Å². The number of amides is 2. The van der Waals surface area contributed by atoms with Crippen LogP contribution in [-0.4, -0.2) is 58.0 Å². The zero-order chi connectivity index (χ0) is 30.3. The standard InChI is InChI=1S/C31H36ClN3O6S/c1-22(31(37)33-24-9-7-8-10-24)34(20-23-13-16-26(40-2)17-14-23)30(36)21-35(25-15-18-29(41-3)28(32)19-25)42(38,39)27-11-5-4-6-12-27/h4-6,11-19,22,24H,7-10,20-21H2,1-3H3,(H,33,37). The van der Waals surface area contributed by atoms with Gasteiger partial charge in [-0.15, -0.1) is 0 Å². The molecule has 42 heavy (non-hydrogen) atoms. The number of rotatable bonds is 12. The van der Waals surface area contributed by atoms with Crippen LogP contribution in [0, 0.1) is 0 Å². The van der Waals surface area contributed by atoms with Crippen molar-refractivity contribution in [3.05, 3.63) is 83.4 Å². The van der Waals surface area contributed by atoms with Gasteiger partial charge in [0, 0.05) is 12.6 Å². The fourth-order valence-electron chi connectivity index (χ4n) is 4.96. The highest BCUT2D eigenvalue weighted by Gasteiger charge is 2.33. The molecule has 0 spiro atoms. The molecule has 0 aliphatic heterocycles. The van der Waals surface area contributed by atoms with E-state index in [0.29, 0.717) is 11.5 Å². The fraction of sp³-hybridized carbons (Fsp3) is 0.355. The lowest BCUT2D eigenvalue weighted by Gasteiger charge is -2.32. The van der Waals surface area contributed by atoms with Crippen molar-refractivity contribution in [3.8, 4) is 11.5 Å². The summed E-state index contributed by atoms with van der Waals surface area (Å²) < 4.78 is 39.3. The van der Waals surface area contributed by atoms with Gasteiger partial charge in [-0.05, 0) is 67.8 Å². The second kappa shape index (κ2) is 13.9. The summed E-state index contributed by atoms with van der Waals surface area (Å²) in [5.74, 6) is 0.183. The fourth-order valence-corrected chi connectivity index (χ4v) is 6.64. The van der Waals surface area contributed by atoms with Crippen LogP contribution in [0.1, 0.15) is 38.2 Å². The average Bonchev–Trinajstić information content (AvgIpc) is 3.52. The molecule has 224 valence electrons. The molecule has 3 aromatic rings. The van der Waals surface area contributed by atoms with E-state index in [0.717, 1.165) is 35.6 Å². The highest BCUT2D eigenvalue weighted by atomic mass is 35.5. The van der Waals surface area contributed by atoms with Gasteiger partial charge < -0.3 is 19.7 Å². The Morgan fingerprint density at radius 1 is 0.976 bits per heavy atom. The molecule has 0 radical (unpaired) electrons. The first-order valence-corrected chi connectivity index (χ1v) is 15.6. The molecule has 1 unspecified atom stereocenters. The van der Waals surface area contributed by atoms with Crippen LogP contribution in [0.4, 0.5) is 5.69 Å². The van der Waals surface area contributed by atoms with E-state index in [2.05, 4.69) is 5.32 Å². The van der Waals surface area contributed by atoms with Gasteiger partial charge in [-0.3, -0.25) is 13.9 Å². The van der Waals surface area contributed by atoms with Gasteiger partial charge in [-0.2, -0.15) is 0 Å². The number of nitrogens with zero attached hydrogens (tertiary/aromatic N) is 2. The summed E-state index contributed by atoms with van der Waals surface area (Å²) in [6, 6.07) is 18.7. The van der Waals surface area contributed by atoms with Crippen LogP contribution in [0.25, 0.3) is 0 Å². The first kappa shape index (κ1) is 31.2. The van der Waals surface area contributed by atoms with Gasteiger partial charge in [0.15, 0.2) is 0 Å². The van der Waals surface area contributed by atoms with Crippen LogP contribution in [0.15, 0.2) is 77.7 Å².